The number of nitrogen functional groups attached to an aromatic ring is 1. The van der Waals surface area contributed by atoms with E-state index in [-0.39, 0.29) is 6.04 Å². The van der Waals surface area contributed by atoms with Crippen molar-refractivity contribution in [3.8, 4) is 0 Å². The van der Waals surface area contributed by atoms with Crippen molar-refractivity contribution in [2.45, 2.75) is 45.3 Å². The minimum atomic E-state index is -0.503. The number of nitrogens with one attached hydrogen (secondary N) is 2. The van der Waals surface area contributed by atoms with Gasteiger partial charge in [0.25, 0.3) is 0 Å². The van der Waals surface area contributed by atoms with Crippen LogP contribution in [0.3, 0.4) is 0 Å². The molecule has 128 valence electrons. The van der Waals surface area contributed by atoms with Gasteiger partial charge in [-0.3, -0.25) is 0 Å². The maximum atomic E-state index is 11.9. The second-order valence-corrected chi connectivity index (χ2v) is 6.64. The van der Waals surface area contributed by atoms with Crippen LogP contribution in [0, 0.1) is 0 Å². The van der Waals surface area contributed by atoms with Gasteiger partial charge in [-0.25, -0.2) is 14.8 Å². The van der Waals surface area contributed by atoms with Crippen molar-refractivity contribution in [3.05, 3.63) is 6.33 Å². The van der Waals surface area contributed by atoms with Crippen molar-refractivity contribution in [1.29, 1.82) is 0 Å². The van der Waals surface area contributed by atoms with Gasteiger partial charge in [-0.05, 0) is 33.6 Å². The number of rotatable bonds is 3. The predicted molar refractivity (Wildman–Crippen MR) is 90.6 cm³/mol. The standard InChI is InChI=1S/C15H26N6O2/c1-15(2,3)23-14(22)20-10-6-5-7-21(8-10)13-11(16)12(17-4)18-9-19-13/h9-10H,5-8,16H2,1-4H3,(H,20,22)(H,17,18,19)/t10-/m1/s1. The molecule has 8 nitrogen and oxygen atoms in total. The molecular formula is C15H26N6O2. The SMILES string of the molecule is CNc1ncnc(N2CCC[C@@H](NC(=O)OC(C)(C)C)C2)c1N. The van der Waals surface area contributed by atoms with Gasteiger partial charge in [0.15, 0.2) is 11.6 Å². The van der Waals surface area contributed by atoms with E-state index in [1.54, 1.807) is 7.05 Å². The van der Waals surface area contributed by atoms with Gasteiger partial charge >= 0.3 is 6.09 Å². The van der Waals surface area contributed by atoms with Gasteiger partial charge in [-0.2, -0.15) is 0 Å². The van der Waals surface area contributed by atoms with Crippen LogP contribution >= 0.6 is 0 Å². The minimum Gasteiger partial charge on any atom is -0.444 e. The molecule has 0 bridgehead atoms. The summed E-state index contributed by atoms with van der Waals surface area (Å²) in [6.45, 7) is 7.03. The van der Waals surface area contributed by atoms with E-state index in [9.17, 15) is 4.79 Å². The van der Waals surface area contributed by atoms with Crippen LogP contribution in [0.4, 0.5) is 22.1 Å². The molecule has 1 aliphatic rings. The monoisotopic (exact) mass is 322 g/mol. The summed E-state index contributed by atoms with van der Waals surface area (Å²) in [5.74, 6) is 1.30. The Bertz CT molecular complexity index is 557. The molecule has 1 fully saturated rings. The van der Waals surface area contributed by atoms with Crippen LogP contribution in [0.1, 0.15) is 33.6 Å². The molecule has 1 aliphatic heterocycles. The fourth-order valence-electron chi connectivity index (χ4n) is 2.60. The third-order valence-corrected chi connectivity index (χ3v) is 3.54. The quantitative estimate of drug-likeness (QED) is 0.776. The molecule has 0 aliphatic carbocycles. The van der Waals surface area contributed by atoms with E-state index >= 15 is 0 Å². The maximum Gasteiger partial charge on any atom is 0.407 e. The Morgan fingerprint density at radius 2 is 2.17 bits per heavy atom. The first-order chi connectivity index (χ1) is 10.8. The summed E-state index contributed by atoms with van der Waals surface area (Å²) < 4.78 is 5.31. The van der Waals surface area contributed by atoms with Crippen LogP contribution in [0.2, 0.25) is 0 Å². The number of piperidine rings is 1. The molecule has 0 unspecified atom stereocenters. The molecule has 0 saturated carbocycles. The molecular weight excluding hydrogens is 296 g/mol. The van der Waals surface area contributed by atoms with Crippen LogP contribution in [0.15, 0.2) is 6.33 Å². The third kappa shape index (κ3) is 4.61. The highest BCUT2D eigenvalue weighted by Gasteiger charge is 2.26. The Labute approximate surface area is 136 Å². The van der Waals surface area contributed by atoms with Crippen molar-refractivity contribution in [2.75, 3.05) is 36.1 Å². The van der Waals surface area contributed by atoms with E-state index < -0.39 is 11.7 Å². The molecule has 23 heavy (non-hydrogen) atoms. The minimum absolute atomic E-state index is 0.00556. The molecule has 8 heteroatoms. The first kappa shape index (κ1) is 17.1. The summed E-state index contributed by atoms with van der Waals surface area (Å²) in [4.78, 5) is 22.4. The Hall–Kier alpha value is -2.25. The van der Waals surface area contributed by atoms with Gasteiger partial charge in [0.05, 0.1) is 0 Å². The van der Waals surface area contributed by atoms with E-state index in [0.717, 1.165) is 19.4 Å². The lowest BCUT2D eigenvalue weighted by Gasteiger charge is -2.34. The number of anilines is 3. The van der Waals surface area contributed by atoms with Gasteiger partial charge in [-0.1, -0.05) is 0 Å². The lowest BCUT2D eigenvalue weighted by atomic mass is 10.1. The Balaban J connectivity index is 2.02. The van der Waals surface area contributed by atoms with Gasteiger partial charge in [0, 0.05) is 26.2 Å². The molecule has 0 spiro atoms. The molecule has 0 aromatic carbocycles. The molecule has 1 aromatic rings. The molecule has 1 amide bonds. The molecule has 2 rings (SSSR count). The normalized spacial score (nSPS) is 18.4. The van der Waals surface area contributed by atoms with E-state index in [4.69, 9.17) is 10.5 Å². The topological polar surface area (TPSA) is 105 Å². The van der Waals surface area contributed by atoms with Crippen LogP contribution in [-0.4, -0.2) is 47.8 Å². The second kappa shape index (κ2) is 6.89. The molecule has 1 atom stereocenters. The number of carbonyl (C=O) groups is 1. The van der Waals surface area contributed by atoms with Crippen LogP contribution in [-0.2, 0) is 4.74 Å². The van der Waals surface area contributed by atoms with Crippen LogP contribution in [0.25, 0.3) is 0 Å². The maximum absolute atomic E-state index is 11.9. The van der Waals surface area contributed by atoms with Gasteiger partial charge < -0.3 is 26.0 Å². The molecule has 4 N–H and O–H groups in total. The van der Waals surface area contributed by atoms with E-state index in [0.29, 0.717) is 23.9 Å². The van der Waals surface area contributed by atoms with Crippen LogP contribution in [0.5, 0.6) is 0 Å². The number of alkyl carbamates (subject to hydrolysis) is 1. The zero-order valence-corrected chi connectivity index (χ0v) is 14.2. The van der Waals surface area contributed by atoms with E-state index in [1.807, 2.05) is 20.8 Å². The van der Waals surface area contributed by atoms with Crippen molar-refractivity contribution in [2.24, 2.45) is 0 Å². The fraction of sp³-hybridized carbons (Fsp3) is 0.667. The van der Waals surface area contributed by atoms with Gasteiger partial charge in [0.2, 0.25) is 0 Å². The Morgan fingerprint density at radius 3 is 2.83 bits per heavy atom. The average Bonchev–Trinajstić information content (AvgIpc) is 2.45. The number of amides is 1. The van der Waals surface area contributed by atoms with Crippen LogP contribution < -0.4 is 21.3 Å². The zero-order valence-electron chi connectivity index (χ0n) is 14.2. The predicted octanol–water partition coefficient (Wildman–Crippen LogP) is 1.59. The van der Waals surface area contributed by atoms with Gasteiger partial charge in [-0.15, -0.1) is 0 Å². The van der Waals surface area contributed by atoms with Crippen molar-refractivity contribution in [1.82, 2.24) is 15.3 Å². The highest BCUT2D eigenvalue weighted by molar-refractivity contribution is 5.75. The lowest BCUT2D eigenvalue weighted by Crippen LogP contribution is -2.49. The summed E-state index contributed by atoms with van der Waals surface area (Å²) in [5, 5.41) is 5.87. The molecule has 1 aromatic heterocycles. The summed E-state index contributed by atoms with van der Waals surface area (Å²) in [7, 11) is 1.77. The average molecular weight is 322 g/mol. The number of ether oxygens (including phenoxy) is 1. The first-order valence-electron chi connectivity index (χ1n) is 7.83. The largest absolute Gasteiger partial charge is 0.444 e. The third-order valence-electron chi connectivity index (χ3n) is 3.54. The summed E-state index contributed by atoms with van der Waals surface area (Å²) in [6.07, 6.45) is 2.94. The fourth-order valence-corrected chi connectivity index (χ4v) is 2.60. The lowest BCUT2D eigenvalue weighted by molar-refractivity contribution is 0.0500. The highest BCUT2D eigenvalue weighted by Crippen LogP contribution is 2.28. The van der Waals surface area contributed by atoms with Crippen molar-refractivity contribution in [3.63, 3.8) is 0 Å². The van der Waals surface area contributed by atoms with Crippen molar-refractivity contribution >= 4 is 23.4 Å². The Kier molecular flexibility index (Phi) is 5.12. The molecule has 2 heterocycles. The zero-order chi connectivity index (χ0) is 17.0. The van der Waals surface area contributed by atoms with Gasteiger partial charge in [0.1, 0.15) is 17.6 Å². The second-order valence-electron chi connectivity index (χ2n) is 6.64. The molecule has 0 radical (unpaired) electrons. The summed E-state index contributed by atoms with van der Waals surface area (Å²) in [6, 6.07) is 0.00556. The number of nitrogens with two attached hydrogens (primary N) is 1. The number of nitrogens with zero attached hydrogens (tertiary/aromatic N) is 3. The highest BCUT2D eigenvalue weighted by atomic mass is 16.6. The summed E-state index contributed by atoms with van der Waals surface area (Å²) in [5.41, 5.74) is 6.13. The number of aromatic nitrogens is 2. The van der Waals surface area contributed by atoms with Crippen molar-refractivity contribution < 1.29 is 9.53 Å². The molecule has 1 saturated heterocycles. The Morgan fingerprint density at radius 1 is 1.43 bits per heavy atom. The number of hydrogen-bond acceptors (Lipinski definition) is 7. The van der Waals surface area contributed by atoms with E-state index in [1.165, 1.54) is 6.33 Å². The number of carbonyl (C=O) groups excluding carboxylic acids is 1. The number of hydrogen-bond donors (Lipinski definition) is 3. The smallest absolute Gasteiger partial charge is 0.407 e. The van der Waals surface area contributed by atoms with E-state index in [2.05, 4.69) is 25.5 Å². The summed E-state index contributed by atoms with van der Waals surface area (Å²) >= 11 is 0. The first-order valence-corrected chi connectivity index (χ1v) is 7.83.